The summed E-state index contributed by atoms with van der Waals surface area (Å²) < 4.78 is 35.4. The van der Waals surface area contributed by atoms with E-state index in [1.807, 2.05) is 0 Å². The van der Waals surface area contributed by atoms with E-state index in [4.69, 9.17) is 5.14 Å². The molecule has 84 valence electrons. The van der Waals surface area contributed by atoms with Gasteiger partial charge in [-0.25, -0.2) is 18.5 Å². The zero-order valence-corrected chi connectivity index (χ0v) is 9.56. The van der Waals surface area contributed by atoms with Crippen LogP contribution in [0, 0.1) is 5.13 Å². The van der Waals surface area contributed by atoms with Crippen LogP contribution in [0.25, 0.3) is 10.6 Å². The van der Waals surface area contributed by atoms with Crippen LogP contribution < -0.4 is 5.14 Å². The number of nitrogens with two attached hydrogens (primary N) is 1. The highest BCUT2D eigenvalue weighted by atomic mass is 32.2. The van der Waals surface area contributed by atoms with E-state index in [1.54, 1.807) is 12.1 Å². The topological polar surface area (TPSA) is 73.1 Å². The number of nitrogens with zero attached hydrogens (tertiary/aromatic N) is 1. The third-order valence-electron chi connectivity index (χ3n) is 1.90. The first-order valence-electron chi connectivity index (χ1n) is 4.22. The second kappa shape index (κ2) is 3.93. The molecule has 0 radical (unpaired) electrons. The molecule has 0 unspecified atom stereocenters. The van der Waals surface area contributed by atoms with Crippen molar-refractivity contribution in [3.8, 4) is 10.6 Å². The molecule has 0 atom stereocenters. The van der Waals surface area contributed by atoms with Crippen molar-refractivity contribution in [1.82, 2.24) is 4.98 Å². The van der Waals surface area contributed by atoms with Gasteiger partial charge in [-0.2, -0.15) is 4.39 Å². The summed E-state index contributed by atoms with van der Waals surface area (Å²) in [5.41, 5.74) is 0.318. The van der Waals surface area contributed by atoms with Gasteiger partial charge in [-0.3, -0.25) is 0 Å². The Kier molecular flexibility index (Phi) is 2.75. The standard InChI is InChI=1S/C9H7FN2O2S2/c10-8-5-12-9(15-8)6-3-1-2-4-7(6)16(11,13)14/h1-5H,(H2,11,13,14). The molecule has 0 aliphatic heterocycles. The van der Waals surface area contributed by atoms with Crippen LogP contribution in [-0.2, 0) is 10.0 Å². The van der Waals surface area contributed by atoms with E-state index in [-0.39, 0.29) is 4.90 Å². The number of benzene rings is 1. The van der Waals surface area contributed by atoms with E-state index in [0.29, 0.717) is 10.6 Å². The van der Waals surface area contributed by atoms with Crippen molar-refractivity contribution in [3.63, 3.8) is 0 Å². The van der Waals surface area contributed by atoms with Crippen molar-refractivity contribution in [2.45, 2.75) is 4.90 Å². The second-order valence-electron chi connectivity index (χ2n) is 3.01. The molecule has 0 aliphatic rings. The van der Waals surface area contributed by atoms with Crippen LogP contribution in [0.4, 0.5) is 4.39 Å². The van der Waals surface area contributed by atoms with Gasteiger partial charge in [0.15, 0.2) is 5.13 Å². The quantitative estimate of drug-likeness (QED) is 0.889. The number of halogens is 1. The molecule has 2 N–H and O–H groups in total. The van der Waals surface area contributed by atoms with Gasteiger partial charge < -0.3 is 0 Å². The number of hydrogen-bond donors (Lipinski definition) is 1. The molecule has 0 amide bonds. The maximum absolute atomic E-state index is 12.8. The van der Waals surface area contributed by atoms with Gasteiger partial charge in [-0.15, -0.1) is 0 Å². The average Bonchev–Trinajstić information content (AvgIpc) is 2.64. The number of rotatable bonds is 2. The largest absolute Gasteiger partial charge is 0.241 e. The molecule has 1 aromatic carbocycles. The molecule has 0 spiro atoms. The molecule has 16 heavy (non-hydrogen) atoms. The van der Waals surface area contributed by atoms with Crippen molar-refractivity contribution in [2.75, 3.05) is 0 Å². The normalized spacial score (nSPS) is 11.6. The molecule has 2 aromatic rings. The number of hydrogen-bond acceptors (Lipinski definition) is 4. The Morgan fingerprint density at radius 3 is 2.56 bits per heavy atom. The lowest BCUT2D eigenvalue weighted by molar-refractivity contribution is 0.598. The highest BCUT2D eigenvalue weighted by Crippen LogP contribution is 2.29. The van der Waals surface area contributed by atoms with Crippen molar-refractivity contribution in [2.24, 2.45) is 5.14 Å². The minimum atomic E-state index is -3.83. The molecule has 0 bridgehead atoms. The van der Waals surface area contributed by atoms with E-state index in [9.17, 15) is 12.8 Å². The van der Waals surface area contributed by atoms with Gasteiger partial charge in [-0.1, -0.05) is 29.5 Å². The van der Waals surface area contributed by atoms with Crippen LogP contribution >= 0.6 is 11.3 Å². The highest BCUT2D eigenvalue weighted by Gasteiger charge is 2.16. The smallest absolute Gasteiger partial charge is 0.238 e. The Balaban J connectivity index is 2.66. The number of primary sulfonamides is 1. The molecule has 0 aliphatic carbocycles. The number of sulfonamides is 1. The minimum Gasteiger partial charge on any atom is -0.241 e. The van der Waals surface area contributed by atoms with Crippen LogP contribution in [0.2, 0.25) is 0 Å². The third-order valence-corrected chi connectivity index (χ3v) is 3.69. The van der Waals surface area contributed by atoms with Gasteiger partial charge in [0.1, 0.15) is 5.01 Å². The summed E-state index contributed by atoms with van der Waals surface area (Å²) in [6.45, 7) is 0. The Hall–Kier alpha value is -1.31. The molecule has 1 aromatic heterocycles. The molecule has 4 nitrogen and oxygen atoms in total. The Labute approximate surface area is 95.6 Å². The summed E-state index contributed by atoms with van der Waals surface area (Å²) in [5.74, 6) is 0. The summed E-state index contributed by atoms with van der Waals surface area (Å²) in [4.78, 5) is 3.73. The monoisotopic (exact) mass is 258 g/mol. The van der Waals surface area contributed by atoms with Crippen LogP contribution in [0.1, 0.15) is 0 Å². The van der Waals surface area contributed by atoms with Crippen molar-refractivity contribution in [3.05, 3.63) is 35.6 Å². The molecule has 1 heterocycles. The summed E-state index contributed by atoms with van der Waals surface area (Å²) in [7, 11) is -3.83. The molecular weight excluding hydrogens is 251 g/mol. The summed E-state index contributed by atoms with van der Waals surface area (Å²) >= 11 is 0.773. The summed E-state index contributed by atoms with van der Waals surface area (Å²) in [6, 6.07) is 6.10. The van der Waals surface area contributed by atoms with Gasteiger partial charge >= 0.3 is 0 Å². The summed E-state index contributed by atoms with van der Waals surface area (Å²) in [5, 5.41) is 4.88. The fraction of sp³-hybridized carbons (Fsp3) is 0. The van der Waals surface area contributed by atoms with Crippen molar-refractivity contribution < 1.29 is 12.8 Å². The van der Waals surface area contributed by atoms with E-state index in [2.05, 4.69) is 4.98 Å². The van der Waals surface area contributed by atoms with Gasteiger partial charge in [-0.05, 0) is 6.07 Å². The van der Waals surface area contributed by atoms with Gasteiger partial charge in [0, 0.05) is 5.56 Å². The van der Waals surface area contributed by atoms with Crippen LogP contribution in [-0.4, -0.2) is 13.4 Å². The molecule has 7 heteroatoms. The molecule has 0 saturated carbocycles. The van der Waals surface area contributed by atoms with Crippen LogP contribution in [0.3, 0.4) is 0 Å². The molecule has 0 fully saturated rings. The first kappa shape index (κ1) is 11.2. The Morgan fingerprint density at radius 1 is 1.31 bits per heavy atom. The van der Waals surface area contributed by atoms with E-state index in [1.165, 1.54) is 12.1 Å². The van der Waals surface area contributed by atoms with Gasteiger partial charge in [0.05, 0.1) is 11.1 Å². The van der Waals surface area contributed by atoms with Gasteiger partial charge in [0.2, 0.25) is 10.0 Å². The SMILES string of the molecule is NS(=O)(=O)c1ccccc1-c1ncc(F)s1. The first-order chi connectivity index (χ1) is 7.48. The minimum absolute atomic E-state index is 0.0515. The lowest BCUT2D eigenvalue weighted by Gasteiger charge is -2.03. The van der Waals surface area contributed by atoms with Crippen LogP contribution in [0.15, 0.2) is 35.4 Å². The van der Waals surface area contributed by atoms with E-state index < -0.39 is 15.2 Å². The number of aromatic nitrogens is 1. The molecule has 0 saturated heterocycles. The molecule has 2 rings (SSSR count). The maximum Gasteiger partial charge on any atom is 0.238 e. The highest BCUT2D eigenvalue weighted by molar-refractivity contribution is 7.89. The van der Waals surface area contributed by atoms with Crippen LogP contribution in [0.5, 0.6) is 0 Å². The number of thiazole rings is 1. The second-order valence-corrected chi connectivity index (χ2v) is 5.52. The average molecular weight is 258 g/mol. The maximum atomic E-state index is 12.8. The first-order valence-corrected chi connectivity index (χ1v) is 6.58. The zero-order valence-electron chi connectivity index (χ0n) is 7.92. The van der Waals surface area contributed by atoms with E-state index in [0.717, 1.165) is 17.5 Å². The predicted octanol–water partition coefficient (Wildman–Crippen LogP) is 1.60. The third kappa shape index (κ3) is 2.11. The lowest BCUT2D eigenvalue weighted by Crippen LogP contribution is -2.13. The van der Waals surface area contributed by atoms with Gasteiger partial charge in [0.25, 0.3) is 0 Å². The van der Waals surface area contributed by atoms with E-state index >= 15 is 0 Å². The fourth-order valence-electron chi connectivity index (χ4n) is 1.27. The zero-order chi connectivity index (χ0) is 11.8. The van der Waals surface area contributed by atoms with Crippen molar-refractivity contribution in [1.29, 1.82) is 0 Å². The fourth-order valence-corrected chi connectivity index (χ4v) is 2.76. The predicted molar refractivity (Wildman–Crippen MR) is 58.9 cm³/mol. The lowest BCUT2D eigenvalue weighted by atomic mass is 10.2. The van der Waals surface area contributed by atoms with Crippen molar-refractivity contribution >= 4 is 21.4 Å². The summed E-state index contributed by atoms with van der Waals surface area (Å²) in [6.07, 6.45) is 1.04. The molecular formula is C9H7FN2O2S2. The Morgan fingerprint density at radius 2 is 2.00 bits per heavy atom. The Bertz CT molecular complexity index is 622.